The minimum absolute atomic E-state index is 0.208. The summed E-state index contributed by atoms with van der Waals surface area (Å²) in [5, 5.41) is 9.18. The highest BCUT2D eigenvalue weighted by Crippen LogP contribution is 2.28. The first-order valence-electron chi connectivity index (χ1n) is 11.8. The molecule has 3 aromatic rings. The molecule has 0 spiro atoms. The van der Waals surface area contributed by atoms with Gasteiger partial charge in [0.2, 0.25) is 0 Å². The van der Waals surface area contributed by atoms with E-state index < -0.39 is 11.8 Å². The van der Waals surface area contributed by atoms with Crippen LogP contribution in [0.1, 0.15) is 23.6 Å². The molecule has 3 aromatic carbocycles. The van der Waals surface area contributed by atoms with Crippen LogP contribution in [0.15, 0.2) is 65.8 Å². The fourth-order valence-electron chi connectivity index (χ4n) is 3.40. The Morgan fingerprint density at radius 2 is 1.58 bits per heavy atom. The molecule has 0 saturated heterocycles. The second-order valence-corrected chi connectivity index (χ2v) is 8.12. The van der Waals surface area contributed by atoms with Crippen LogP contribution in [0.4, 0.5) is 11.4 Å². The zero-order valence-electron chi connectivity index (χ0n) is 21.7. The van der Waals surface area contributed by atoms with E-state index in [1.807, 2.05) is 39.0 Å². The SMILES string of the molecule is CCOc1cc(/C=N\NC(=O)C(=O)Nc2ccc(OC)cc2)ccc1OCC(=O)Nc1c(C)cccc1C. The van der Waals surface area contributed by atoms with Gasteiger partial charge in [0.05, 0.1) is 19.9 Å². The average molecular weight is 519 g/mol. The summed E-state index contributed by atoms with van der Waals surface area (Å²) >= 11 is 0. The number of amides is 3. The second kappa shape index (κ2) is 13.4. The maximum Gasteiger partial charge on any atom is 0.329 e. The molecule has 3 amide bonds. The Hall–Kier alpha value is -4.86. The van der Waals surface area contributed by atoms with Gasteiger partial charge in [0, 0.05) is 11.4 Å². The van der Waals surface area contributed by atoms with Gasteiger partial charge in [0.25, 0.3) is 5.91 Å². The Balaban J connectivity index is 1.56. The van der Waals surface area contributed by atoms with Gasteiger partial charge in [0.1, 0.15) is 5.75 Å². The van der Waals surface area contributed by atoms with E-state index in [1.165, 1.54) is 13.3 Å². The zero-order valence-corrected chi connectivity index (χ0v) is 21.7. The minimum Gasteiger partial charge on any atom is -0.497 e. The molecule has 0 aliphatic carbocycles. The van der Waals surface area contributed by atoms with Crippen molar-refractivity contribution in [2.24, 2.45) is 5.10 Å². The summed E-state index contributed by atoms with van der Waals surface area (Å²) in [6.45, 7) is 5.83. The van der Waals surface area contributed by atoms with Crippen molar-refractivity contribution in [3.05, 3.63) is 77.4 Å². The Bertz CT molecular complexity index is 1300. The smallest absolute Gasteiger partial charge is 0.329 e. The molecular formula is C28H30N4O6. The number of rotatable bonds is 10. The first-order chi connectivity index (χ1) is 18.3. The Kier molecular flexibility index (Phi) is 9.81. The molecule has 0 aliphatic heterocycles. The standard InChI is InChI=1S/C28H30N4O6/c1-5-37-24-15-20(16-29-32-28(35)27(34)30-21-10-12-22(36-4)13-11-21)9-14-23(24)38-17-25(33)31-26-18(2)7-6-8-19(26)3/h6-16H,5,17H2,1-4H3,(H,30,34)(H,31,33)(H,32,35)/b29-16-. The number of hydrazone groups is 1. The Labute approximate surface area is 221 Å². The van der Waals surface area contributed by atoms with Crippen molar-refractivity contribution in [1.82, 2.24) is 5.43 Å². The van der Waals surface area contributed by atoms with E-state index in [0.29, 0.717) is 35.1 Å². The maximum atomic E-state index is 12.5. The number of anilines is 2. The van der Waals surface area contributed by atoms with Gasteiger partial charge in [0.15, 0.2) is 18.1 Å². The van der Waals surface area contributed by atoms with Crippen molar-refractivity contribution in [2.45, 2.75) is 20.8 Å². The maximum absolute atomic E-state index is 12.5. The van der Waals surface area contributed by atoms with Gasteiger partial charge in [-0.15, -0.1) is 0 Å². The van der Waals surface area contributed by atoms with Crippen LogP contribution in [-0.4, -0.2) is 44.3 Å². The number of aryl methyl sites for hydroxylation is 2. The van der Waals surface area contributed by atoms with E-state index >= 15 is 0 Å². The van der Waals surface area contributed by atoms with Crippen LogP contribution in [0.2, 0.25) is 0 Å². The van der Waals surface area contributed by atoms with Crippen molar-refractivity contribution >= 4 is 35.3 Å². The highest BCUT2D eigenvalue weighted by Gasteiger charge is 2.14. The number of nitrogens with one attached hydrogen (secondary N) is 3. The van der Waals surface area contributed by atoms with Gasteiger partial charge in [-0.3, -0.25) is 14.4 Å². The number of nitrogens with zero attached hydrogens (tertiary/aromatic N) is 1. The minimum atomic E-state index is -0.933. The third-order valence-electron chi connectivity index (χ3n) is 5.31. The van der Waals surface area contributed by atoms with E-state index in [0.717, 1.165) is 16.8 Å². The van der Waals surface area contributed by atoms with Gasteiger partial charge < -0.3 is 24.8 Å². The lowest BCUT2D eigenvalue weighted by Crippen LogP contribution is -2.32. The largest absolute Gasteiger partial charge is 0.497 e. The van der Waals surface area contributed by atoms with Gasteiger partial charge in [-0.25, -0.2) is 5.43 Å². The van der Waals surface area contributed by atoms with E-state index in [1.54, 1.807) is 42.5 Å². The van der Waals surface area contributed by atoms with Crippen molar-refractivity contribution in [2.75, 3.05) is 31.0 Å². The predicted molar refractivity (Wildman–Crippen MR) is 145 cm³/mol. The van der Waals surface area contributed by atoms with Crippen LogP contribution >= 0.6 is 0 Å². The zero-order chi connectivity index (χ0) is 27.5. The fraction of sp³-hybridized carbons (Fsp3) is 0.214. The number of ether oxygens (including phenoxy) is 3. The van der Waals surface area contributed by atoms with Crippen molar-refractivity contribution in [1.29, 1.82) is 0 Å². The lowest BCUT2D eigenvalue weighted by atomic mass is 10.1. The Morgan fingerprint density at radius 1 is 0.868 bits per heavy atom. The molecule has 10 nitrogen and oxygen atoms in total. The summed E-state index contributed by atoms with van der Waals surface area (Å²) in [4.78, 5) is 36.6. The van der Waals surface area contributed by atoms with E-state index in [4.69, 9.17) is 14.2 Å². The van der Waals surface area contributed by atoms with Crippen LogP contribution in [0.5, 0.6) is 17.2 Å². The summed E-state index contributed by atoms with van der Waals surface area (Å²) in [6, 6.07) is 17.3. The molecule has 0 unspecified atom stereocenters. The molecule has 3 rings (SSSR count). The molecule has 0 bridgehead atoms. The van der Waals surface area contributed by atoms with E-state index in [9.17, 15) is 14.4 Å². The second-order valence-electron chi connectivity index (χ2n) is 8.12. The molecule has 0 radical (unpaired) electrons. The molecule has 198 valence electrons. The number of carbonyl (C=O) groups excluding carboxylic acids is 3. The molecule has 0 atom stereocenters. The van der Waals surface area contributed by atoms with Crippen LogP contribution in [-0.2, 0) is 14.4 Å². The molecule has 3 N–H and O–H groups in total. The van der Waals surface area contributed by atoms with Gasteiger partial charge in [-0.05, 0) is 79.9 Å². The summed E-state index contributed by atoms with van der Waals surface area (Å²) in [5.74, 6) is -0.697. The lowest BCUT2D eigenvalue weighted by Gasteiger charge is -2.14. The number of hydrogen-bond donors (Lipinski definition) is 3. The highest BCUT2D eigenvalue weighted by molar-refractivity contribution is 6.39. The summed E-state index contributed by atoms with van der Waals surface area (Å²) < 4.78 is 16.4. The number of para-hydroxylation sites is 1. The normalized spacial score (nSPS) is 10.5. The first-order valence-corrected chi connectivity index (χ1v) is 11.8. The summed E-state index contributed by atoms with van der Waals surface area (Å²) in [6.07, 6.45) is 1.36. The Morgan fingerprint density at radius 3 is 2.24 bits per heavy atom. The van der Waals surface area contributed by atoms with E-state index in [-0.39, 0.29) is 12.5 Å². The highest BCUT2D eigenvalue weighted by atomic mass is 16.5. The average Bonchev–Trinajstić information content (AvgIpc) is 2.91. The van der Waals surface area contributed by atoms with Crippen LogP contribution in [0.3, 0.4) is 0 Å². The molecule has 0 fully saturated rings. The molecule has 0 saturated carbocycles. The fourth-order valence-corrected chi connectivity index (χ4v) is 3.40. The molecular weight excluding hydrogens is 488 g/mol. The summed E-state index contributed by atoms with van der Waals surface area (Å²) in [7, 11) is 1.53. The lowest BCUT2D eigenvalue weighted by molar-refractivity contribution is -0.136. The van der Waals surface area contributed by atoms with Gasteiger partial charge >= 0.3 is 11.8 Å². The van der Waals surface area contributed by atoms with E-state index in [2.05, 4.69) is 21.2 Å². The monoisotopic (exact) mass is 518 g/mol. The molecule has 0 heterocycles. The molecule has 0 aromatic heterocycles. The van der Waals surface area contributed by atoms with Crippen molar-refractivity contribution in [3.63, 3.8) is 0 Å². The first kappa shape index (κ1) is 27.7. The number of hydrogen-bond acceptors (Lipinski definition) is 7. The molecule has 0 aliphatic rings. The number of benzene rings is 3. The number of methoxy groups -OCH3 is 1. The van der Waals surface area contributed by atoms with Gasteiger partial charge in [-0.1, -0.05) is 18.2 Å². The summed E-state index contributed by atoms with van der Waals surface area (Å²) in [5.41, 5.74) is 5.88. The quantitative estimate of drug-likeness (QED) is 0.213. The molecule has 10 heteroatoms. The van der Waals surface area contributed by atoms with Crippen molar-refractivity contribution < 1.29 is 28.6 Å². The molecule has 38 heavy (non-hydrogen) atoms. The topological polar surface area (TPSA) is 127 Å². The third-order valence-corrected chi connectivity index (χ3v) is 5.31. The predicted octanol–water partition coefficient (Wildman–Crippen LogP) is 3.82. The van der Waals surface area contributed by atoms with Crippen LogP contribution in [0, 0.1) is 13.8 Å². The van der Waals surface area contributed by atoms with Crippen LogP contribution < -0.4 is 30.3 Å². The van der Waals surface area contributed by atoms with Crippen molar-refractivity contribution in [3.8, 4) is 17.2 Å². The number of carbonyl (C=O) groups is 3. The third kappa shape index (κ3) is 7.82. The van der Waals surface area contributed by atoms with Gasteiger partial charge in [-0.2, -0.15) is 5.10 Å². The van der Waals surface area contributed by atoms with Crippen LogP contribution in [0.25, 0.3) is 0 Å².